The van der Waals surface area contributed by atoms with Crippen LogP contribution < -0.4 is 10.2 Å². The molecule has 0 unspecified atom stereocenters. The molecule has 4 rings (SSSR count). The predicted molar refractivity (Wildman–Crippen MR) is 139 cm³/mol. The fourth-order valence-electron chi connectivity index (χ4n) is 3.08. The molecule has 0 spiro atoms. The summed E-state index contributed by atoms with van der Waals surface area (Å²) in [6.07, 6.45) is 1.50. The molecule has 34 heavy (non-hydrogen) atoms. The number of hydrogen-bond acceptors (Lipinski definition) is 5. The quantitative estimate of drug-likeness (QED) is 0.170. The lowest BCUT2D eigenvalue weighted by Gasteiger charge is -2.09. The predicted octanol–water partition coefficient (Wildman–Crippen LogP) is 6.76. The van der Waals surface area contributed by atoms with Gasteiger partial charge in [-0.3, -0.25) is 4.79 Å². The average molecular weight is 651 g/mol. The first-order chi connectivity index (χ1) is 16.3. The highest BCUT2D eigenvalue weighted by Gasteiger charge is 2.14. The van der Waals surface area contributed by atoms with Gasteiger partial charge in [-0.2, -0.15) is 5.10 Å². The van der Waals surface area contributed by atoms with E-state index in [1.165, 1.54) is 12.3 Å². The Balaban J connectivity index is 1.38. The van der Waals surface area contributed by atoms with Crippen molar-refractivity contribution in [1.82, 2.24) is 5.43 Å². The van der Waals surface area contributed by atoms with E-state index >= 15 is 0 Å². The zero-order valence-electron chi connectivity index (χ0n) is 17.2. The van der Waals surface area contributed by atoms with Gasteiger partial charge in [0.05, 0.1) is 20.7 Å². The third-order valence-electron chi connectivity index (χ3n) is 4.66. The standard InChI is InChI=1S/C24H15Br3N2O5/c25-17-8-16-9-21(34-22(16)19(27)10-17)23(30)29-28-11-13-4-5-20(18(26)7-13)33-12-14-2-1-3-15(6-14)24(31)32/h1-11H,12H2,(H,29,30)(H,31,32)/b28-11-. The number of amides is 1. The number of benzene rings is 3. The van der Waals surface area contributed by atoms with Crippen LogP contribution in [0.3, 0.4) is 0 Å². The summed E-state index contributed by atoms with van der Waals surface area (Å²) in [7, 11) is 0. The fourth-order valence-corrected chi connectivity index (χ4v) is 4.93. The number of aromatic carboxylic acids is 1. The van der Waals surface area contributed by atoms with Crippen LogP contribution in [0.1, 0.15) is 32.0 Å². The fraction of sp³-hybridized carbons (Fsp3) is 0.0417. The second-order valence-electron chi connectivity index (χ2n) is 7.10. The van der Waals surface area contributed by atoms with E-state index in [-0.39, 0.29) is 17.9 Å². The Labute approximate surface area is 219 Å². The maximum Gasteiger partial charge on any atom is 0.335 e. The molecule has 10 heteroatoms. The van der Waals surface area contributed by atoms with Crippen molar-refractivity contribution in [3.05, 3.63) is 96.5 Å². The van der Waals surface area contributed by atoms with Gasteiger partial charge >= 0.3 is 11.9 Å². The van der Waals surface area contributed by atoms with Crippen molar-refractivity contribution >= 4 is 76.9 Å². The van der Waals surface area contributed by atoms with E-state index in [9.17, 15) is 9.59 Å². The number of rotatable bonds is 7. The first-order valence-electron chi connectivity index (χ1n) is 9.77. The van der Waals surface area contributed by atoms with Gasteiger partial charge in [0, 0.05) is 9.86 Å². The molecule has 0 atom stereocenters. The van der Waals surface area contributed by atoms with Crippen molar-refractivity contribution in [3.63, 3.8) is 0 Å². The summed E-state index contributed by atoms with van der Waals surface area (Å²) in [6.45, 7) is 0.216. The number of carboxylic acids is 1. The van der Waals surface area contributed by atoms with Crippen LogP contribution in [0.15, 0.2) is 83.6 Å². The molecular formula is C24H15Br3N2O5. The Morgan fingerprint density at radius 2 is 1.85 bits per heavy atom. The number of nitrogens with one attached hydrogen (secondary N) is 1. The Morgan fingerprint density at radius 3 is 2.62 bits per heavy atom. The highest BCUT2D eigenvalue weighted by molar-refractivity contribution is 9.11. The van der Waals surface area contributed by atoms with E-state index in [0.717, 1.165) is 25.5 Å². The van der Waals surface area contributed by atoms with E-state index < -0.39 is 11.9 Å². The SMILES string of the molecule is O=C(O)c1cccc(COc2ccc(/C=N\NC(=O)c3cc4cc(Br)cc(Br)c4o3)cc2Br)c1. The van der Waals surface area contributed by atoms with Crippen molar-refractivity contribution in [1.29, 1.82) is 0 Å². The minimum absolute atomic E-state index is 0.142. The molecule has 1 amide bonds. The normalized spacial score (nSPS) is 11.1. The minimum atomic E-state index is -0.986. The van der Waals surface area contributed by atoms with Gasteiger partial charge in [0.25, 0.3) is 0 Å². The van der Waals surface area contributed by atoms with Crippen LogP contribution in [0.2, 0.25) is 0 Å². The zero-order valence-corrected chi connectivity index (χ0v) is 22.0. The Kier molecular flexibility index (Phi) is 7.50. The molecule has 0 saturated carbocycles. The molecule has 0 fully saturated rings. The monoisotopic (exact) mass is 648 g/mol. The van der Waals surface area contributed by atoms with Gasteiger partial charge in [-0.05, 0) is 91.5 Å². The number of nitrogens with zero attached hydrogens (tertiary/aromatic N) is 1. The van der Waals surface area contributed by atoms with Gasteiger partial charge in [-0.1, -0.05) is 28.1 Å². The molecule has 0 aliphatic heterocycles. The average Bonchev–Trinajstić information content (AvgIpc) is 3.23. The molecular weight excluding hydrogens is 636 g/mol. The van der Waals surface area contributed by atoms with E-state index in [1.54, 1.807) is 42.5 Å². The lowest BCUT2D eigenvalue weighted by Crippen LogP contribution is -2.16. The van der Waals surface area contributed by atoms with E-state index in [4.69, 9.17) is 14.3 Å². The number of furan rings is 1. The van der Waals surface area contributed by atoms with Crippen LogP contribution in [0, 0.1) is 0 Å². The van der Waals surface area contributed by atoms with Crippen LogP contribution in [0.4, 0.5) is 0 Å². The molecule has 0 aliphatic carbocycles. The number of carbonyl (C=O) groups excluding carboxylic acids is 1. The molecule has 7 nitrogen and oxygen atoms in total. The van der Waals surface area contributed by atoms with Gasteiger partial charge in [0.15, 0.2) is 5.76 Å². The number of halogens is 3. The van der Waals surface area contributed by atoms with Crippen molar-refractivity contribution in [2.75, 3.05) is 0 Å². The van der Waals surface area contributed by atoms with Crippen LogP contribution in [-0.4, -0.2) is 23.2 Å². The minimum Gasteiger partial charge on any atom is -0.488 e. The molecule has 0 saturated heterocycles. The lowest BCUT2D eigenvalue weighted by atomic mass is 10.1. The van der Waals surface area contributed by atoms with Gasteiger partial charge in [0.1, 0.15) is 17.9 Å². The summed E-state index contributed by atoms with van der Waals surface area (Å²) >= 11 is 10.3. The lowest BCUT2D eigenvalue weighted by molar-refractivity contribution is 0.0696. The van der Waals surface area contributed by atoms with Crippen LogP contribution in [0.5, 0.6) is 5.75 Å². The van der Waals surface area contributed by atoms with Crippen molar-refractivity contribution in [2.45, 2.75) is 6.61 Å². The molecule has 3 aromatic carbocycles. The molecule has 0 radical (unpaired) electrons. The molecule has 1 heterocycles. The van der Waals surface area contributed by atoms with E-state index in [1.807, 2.05) is 12.1 Å². The first kappa shape index (κ1) is 24.2. The van der Waals surface area contributed by atoms with Crippen molar-refractivity contribution in [2.24, 2.45) is 5.10 Å². The third kappa shape index (κ3) is 5.75. The number of hydrogen-bond donors (Lipinski definition) is 2. The largest absolute Gasteiger partial charge is 0.488 e. The van der Waals surface area contributed by atoms with Crippen LogP contribution >= 0.6 is 47.8 Å². The first-order valence-corrected chi connectivity index (χ1v) is 12.1. The number of carbonyl (C=O) groups is 2. The van der Waals surface area contributed by atoms with Crippen LogP contribution in [0.25, 0.3) is 11.0 Å². The maximum absolute atomic E-state index is 12.4. The smallest absolute Gasteiger partial charge is 0.335 e. The summed E-state index contributed by atoms with van der Waals surface area (Å²) in [4.78, 5) is 23.5. The third-order valence-corrected chi connectivity index (χ3v) is 6.33. The van der Waals surface area contributed by atoms with E-state index in [2.05, 4.69) is 58.3 Å². The number of fused-ring (bicyclic) bond motifs is 1. The molecule has 0 bridgehead atoms. The molecule has 0 aliphatic rings. The number of hydrazone groups is 1. The van der Waals surface area contributed by atoms with Gasteiger partial charge in [-0.25, -0.2) is 10.2 Å². The number of ether oxygens (including phenoxy) is 1. The summed E-state index contributed by atoms with van der Waals surface area (Å²) < 4.78 is 13.7. The van der Waals surface area contributed by atoms with Crippen LogP contribution in [-0.2, 0) is 6.61 Å². The summed E-state index contributed by atoms with van der Waals surface area (Å²) in [5.74, 6) is -0.734. The topological polar surface area (TPSA) is 101 Å². The Morgan fingerprint density at radius 1 is 1.03 bits per heavy atom. The molecule has 4 aromatic rings. The highest BCUT2D eigenvalue weighted by Crippen LogP contribution is 2.31. The van der Waals surface area contributed by atoms with Gasteiger partial charge < -0.3 is 14.3 Å². The Bertz CT molecular complexity index is 1430. The second kappa shape index (κ2) is 10.5. The molecule has 172 valence electrons. The summed E-state index contributed by atoms with van der Waals surface area (Å²) in [5.41, 5.74) is 4.70. The highest BCUT2D eigenvalue weighted by atomic mass is 79.9. The van der Waals surface area contributed by atoms with Gasteiger partial charge in [0.2, 0.25) is 0 Å². The van der Waals surface area contributed by atoms with E-state index in [0.29, 0.717) is 15.8 Å². The second-order valence-corrected chi connectivity index (χ2v) is 9.72. The Hall–Kier alpha value is -2.95. The summed E-state index contributed by atoms with van der Waals surface area (Å²) in [5, 5.41) is 13.9. The maximum atomic E-state index is 12.4. The zero-order chi connectivity index (χ0) is 24.2. The molecule has 2 N–H and O–H groups in total. The number of carboxylic acid groups (broad SMARTS) is 1. The van der Waals surface area contributed by atoms with Crippen molar-refractivity contribution < 1.29 is 23.8 Å². The van der Waals surface area contributed by atoms with Crippen molar-refractivity contribution in [3.8, 4) is 5.75 Å². The van der Waals surface area contributed by atoms with Gasteiger partial charge in [-0.15, -0.1) is 0 Å². The summed E-state index contributed by atoms with van der Waals surface area (Å²) in [6, 6.07) is 17.2. The molecule has 1 aromatic heterocycles.